The summed E-state index contributed by atoms with van der Waals surface area (Å²) < 4.78 is 23.1. The first-order valence-electron chi connectivity index (χ1n) is 5.24. The van der Waals surface area contributed by atoms with Crippen molar-refractivity contribution in [3.63, 3.8) is 0 Å². The molecule has 4 nitrogen and oxygen atoms in total. The number of carbonyl (C=O) groups is 2. The first-order valence-corrected chi connectivity index (χ1v) is 5.24. The lowest BCUT2D eigenvalue weighted by Gasteiger charge is -2.28. The standard InChI is InChI=1S/C12H11FO4/c13-9-2-4-10-8(5-9)1-3-11(17-10)12(6-14)16-7-15/h2,4-7,11-12H,1,3H2. The third-order valence-electron chi connectivity index (χ3n) is 2.71. The predicted octanol–water partition coefficient (Wildman–Crippen LogP) is 1.26. The maximum absolute atomic E-state index is 13.0. The smallest absolute Gasteiger partial charge is 0.293 e. The third kappa shape index (κ3) is 2.43. The summed E-state index contributed by atoms with van der Waals surface area (Å²) in [5.74, 6) is 0.214. The van der Waals surface area contributed by atoms with E-state index < -0.39 is 12.2 Å². The van der Waals surface area contributed by atoms with Crippen LogP contribution in [0.5, 0.6) is 5.75 Å². The van der Waals surface area contributed by atoms with E-state index in [-0.39, 0.29) is 12.3 Å². The lowest BCUT2D eigenvalue weighted by atomic mass is 9.99. The van der Waals surface area contributed by atoms with Gasteiger partial charge in [-0.1, -0.05) is 0 Å². The highest BCUT2D eigenvalue weighted by atomic mass is 19.1. The van der Waals surface area contributed by atoms with Crippen molar-refractivity contribution in [2.24, 2.45) is 0 Å². The molecule has 1 aromatic carbocycles. The Balaban J connectivity index is 2.15. The van der Waals surface area contributed by atoms with Crippen LogP contribution < -0.4 is 4.74 Å². The van der Waals surface area contributed by atoms with Gasteiger partial charge < -0.3 is 9.47 Å². The van der Waals surface area contributed by atoms with E-state index in [0.29, 0.717) is 24.9 Å². The van der Waals surface area contributed by atoms with Gasteiger partial charge in [0.05, 0.1) is 0 Å². The fourth-order valence-corrected chi connectivity index (χ4v) is 1.88. The number of hydrogen-bond donors (Lipinski definition) is 0. The van der Waals surface area contributed by atoms with Crippen LogP contribution in [0, 0.1) is 5.82 Å². The first-order chi connectivity index (χ1) is 8.24. The van der Waals surface area contributed by atoms with Crippen molar-refractivity contribution in [1.29, 1.82) is 0 Å². The molecule has 1 aromatic rings. The van der Waals surface area contributed by atoms with Gasteiger partial charge in [-0.15, -0.1) is 0 Å². The van der Waals surface area contributed by atoms with Gasteiger partial charge in [0, 0.05) is 0 Å². The summed E-state index contributed by atoms with van der Waals surface area (Å²) in [5.41, 5.74) is 0.761. The molecule has 0 aliphatic carbocycles. The summed E-state index contributed by atoms with van der Waals surface area (Å²) >= 11 is 0. The second kappa shape index (κ2) is 4.95. The zero-order valence-electron chi connectivity index (χ0n) is 8.97. The van der Waals surface area contributed by atoms with Crippen molar-refractivity contribution < 1.29 is 23.5 Å². The minimum absolute atomic E-state index is 0.225. The second-order valence-electron chi connectivity index (χ2n) is 3.78. The van der Waals surface area contributed by atoms with Crippen LogP contribution in [0.4, 0.5) is 4.39 Å². The molecule has 2 rings (SSSR count). The Morgan fingerprint density at radius 3 is 3.00 bits per heavy atom. The average molecular weight is 238 g/mol. The minimum atomic E-state index is -0.911. The summed E-state index contributed by atoms with van der Waals surface area (Å²) in [7, 11) is 0. The molecular weight excluding hydrogens is 227 g/mol. The number of halogens is 1. The molecule has 2 unspecified atom stereocenters. The van der Waals surface area contributed by atoms with E-state index in [1.165, 1.54) is 18.2 Å². The van der Waals surface area contributed by atoms with E-state index in [0.717, 1.165) is 5.56 Å². The highest BCUT2D eigenvalue weighted by Crippen LogP contribution is 2.29. The van der Waals surface area contributed by atoms with Crippen LogP contribution in [0.1, 0.15) is 12.0 Å². The van der Waals surface area contributed by atoms with Gasteiger partial charge in [-0.3, -0.25) is 9.59 Å². The Morgan fingerprint density at radius 1 is 1.47 bits per heavy atom. The maximum atomic E-state index is 13.0. The molecule has 0 bridgehead atoms. The van der Waals surface area contributed by atoms with Crippen LogP contribution in [-0.2, 0) is 20.7 Å². The Hall–Kier alpha value is -1.91. The summed E-state index contributed by atoms with van der Waals surface area (Å²) in [4.78, 5) is 21.0. The molecular formula is C12H11FO4. The second-order valence-corrected chi connectivity index (χ2v) is 3.78. The third-order valence-corrected chi connectivity index (χ3v) is 2.71. The number of fused-ring (bicyclic) bond motifs is 1. The fraction of sp³-hybridized carbons (Fsp3) is 0.333. The molecule has 5 heteroatoms. The molecule has 0 amide bonds. The van der Waals surface area contributed by atoms with Crippen LogP contribution in [0.25, 0.3) is 0 Å². The van der Waals surface area contributed by atoms with Crippen molar-refractivity contribution in [2.75, 3.05) is 0 Å². The van der Waals surface area contributed by atoms with Crippen LogP contribution in [0.2, 0.25) is 0 Å². The summed E-state index contributed by atoms with van der Waals surface area (Å²) in [6.07, 6.45) is 0.215. The van der Waals surface area contributed by atoms with E-state index in [1.54, 1.807) is 0 Å². The van der Waals surface area contributed by atoms with E-state index in [2.05, 4.69) is 4.74 Å². The Labute approximate surface area is 97.3 Å². The van der Waals surface area contributed by atoms with Gasteiger partial charge in [-0.05, 0) is 36.6 Å². The number of benzene rings is 1. The number of aldehydes is 1. The Morgan fingerprint density at radius 2 is 2.29 bits per heavy atom. The van der Waals surface area contributed by atoms with E-state index in [9.17, 15) is 14.0 Å². The molecule has 1 heterocycles. The van der Waals surface area contributed by atoms with Crippen LogP contribution in [0.15, 0.2) is 18.2 Å². The van der Waals surface area contributed by atoms with Crippen molar-refractivity contribution in [1.82, 2.24) is 0 Å². The SMILES string of the molecule is O=COC(C=O)C1CCc2cc(F)ccc2O1. The zero-order chi connectivity index (χ0) is 12.3. The molecule has 0 saturated carbocycles. The molecule has 17 heavy (non-hydrogen) atoms. The largest absolute Gasteiger partial charge is 0.486 e. The summed E-state index contributed by atoms with van der Waals surface area (Å²) in [6, 6.07) is 4.21. The summed E-state index contributed by atoms with van der Waals surface area (Å²) in [5, 5.41) is 0. The number of rotatable bonds is 4. The number of hydrogen-bond acceptors (Lipinski definition) is 4. The minimum Gasteiger partial charge on any atom is -0.486 e. The quantitative estimate of drug-likeness (QED) is 0.741. The highest BCUT2D eigenvalue weighted by molar-refractivity contribution is 5.60. The van der Waals surface area contributed by atoms with E-state index in [4.69, 9.17) is 4.74 Å². The topological polar surface area (TPSA) is 52.6 Å². The van der Waals surface area contributed by atoms with Gasteiger partial charge >= 0.3 is 0 Å². The molecule has 1 aliphatic rings. The fourth-order valence-electron chi connectivity index (χ4n) is 1.88. The summed E-state index contributed by atoms with van der Waals surface area (Å²) in [6.45, 7) is 0.225. The van der Waals surface area contributed by atoms with Crippen molar-refractivity contribution >= 4 is 12.8 Å². The molecule has 0 N–H and O–H groups in total. The van der Waals surface area contributed by atoms with Crippen LogP contribution in [-0.4, -0.2) is 25.0 Å². The number of aryl methyl sites for hydroxylation is 1. The van der Waals surface area contributed by atoms with Crippen molar-refractivity contribution in [3.05, 3.63) is 29.6 Å². The van der Waals surface area contributed by atoms with Gasteiger partial charge in [0.2, 0.25) is 0 Å². The molecule has 0 radical (unpaired) electrons. The van der Waals surface area contributed by atoms with Gasteiger partial charge in [-0.25, -0.2) is 4.39 Å². The molecule has 0 aromatic heterocycles. The number of carbonyl (C=O) groups excluding carboxylic acids is 2. The average Bonchev–Trinajstić information content (AvgIpc) is 2.35. The maximum Gasteiger partial charge on any atom is 0.293 e. The van der Waals surface area contributed by atoms with Crippen LogP contribution in [0.3, 0.4) is 0 Å². The Kier molecular flexibility index (Phi) is 3.37. The lowest BCUT2D eigenvalue weighted by molar-refractivity contribution is -0.144. The molecule has 90 valence electrons. The van der Waals surface area contributed by atoms with Gasteiger partial charge in [0.1, 0.15) is 17.7 Å². The normalized spacial score (nSPS) is 19.7. The molecule has 1 aliphatic heterocycles. The van der Waals surface area contributed by atoms with Gasteiger partial charge in [-0.2, -0.15) is 0 Å². The van der Waals surface area contributed by atoms with E-state index >= 15 is 0 Å². The Bertz CT molecular complexity index is 433. The number of ether oxygens (including phenoxy) is 2. The molecule has 0 fully saturated rings. The lowest BCUT2D eigenvalue weighted by Crippen LogP contribution is -2.37. The molecule has 2 atom stereocenters. The highest BCUT2D eigenvalue weighted by Gasteiger charge is 2.28. The van der Waals surface area contributed by atoms with Crippen LogP contribution >= 0.6 is 0 Å². The van der Waals surface area contributed by atoms with E-state index in [1.807, 2.05) is 0 Å². The van der Waals surface area contributed by atoms with Gasteiger partial charge in [0.15, 0.2) is 12.4 Å². The molecule has 0 spiro atoms. The first kappa shape index (κ1) is 11.6. The van der Waals surface area contributed by atoms with Gasteiger partial charge in [0.25, 0.3) is 6.47 Å². The predicted molar refractivity (Wildman–Crippen MR) is 56.1 cm³/mol. The van der Waals surface area contributed by atoms with Crippen molar-refractivity contribution in [2.45, 2.75) is 25.0 Å². The monoisotopic (exact) mass is 238 g/mol. The zero-order valence-corrected chi connectivity index (χ0v) is 8.97. The molecule has 0 saturated heterocycles. The van der Waals surface area contributed by atoms with Crippen molar-refractivity contribution in [3.8, 4) is 5.75 Å².